The minimum atomic E-state index is -0.0922. The van der Waals surface area contributed by atoms with Gasteiger partial charge in [-0.15, -0.1) is 0 Å². The highest BCUT2D eigenvalue weighted by Gasteiger charge is 2.35. The number of hydrogen-bond acceptors (Lipinski definition) is 2. The van der Waals surface area contributed by atoms with E-state index < -0.39 is 0 Å². The summed E-state index contributed by atoms with van der Waals surface area (Å²) in [6.45, 7) is 7.25. The van der Waals surface area contributed by atoms with Crippen molar-refractivity contribution in [3.8, 4) is 0 Å². The smallest absolute Gasteiger partial charge is 0.161 e. The first kappa shape index (κ1) is 11.6. The van der Waals surface area contributed by atoms with Crippen LogP contribution in [-0.2, 0) is 15.9 Å². The van der Waals surface area contributed by atoms with E-state index in [0.29, 0.717) is 0 Å². The molecular formula is C14H20O2. The Balaban J connectivity index is 1.94. The molecule has 2 atom stereocenters. The van der Waals surface area contributed by atoms with Crippen LogP contribution in [0.25, 0.3) is 0 Å². The van der Waals surface area contributed by atoms with Crippen LogP contribution in [0.1, 0.15) is 26.3 Å². The molecule has 1 aliphatic rings. The molecule has 0 aliphatic carbocycles. The zero-order chi connectivity index (χ0) is 11.6. The molecule has 0 bridgehead atoms. The van der Waals surface area contributed by atoms with Crippen molar-refractivity contribution in [2.45, 2.75) is 39.6 Å². The lowest BCUT2D eigenvalue weighted by Crippen LogP contribution is -2.44. The standard InChI is InChI=1S/C14H20O2/c1-11-14(2,3)10-15-13(16-11)9-12-7-5-4-6-8-12/h4-8,11,13H,9-10H2,1-3H3/t11-,13-/m1/s1. The third-order valence-corrected chi connectivity index (χ3v) is 3.34. The number of hydrogen-bond donors (Lipinski definition) is 0. The molecule has 2 heteroatoms. The van der Waals surface area contributed by atoms with Gasteiger partial charge in [-0.1, -0.05) is 44.2 Å². The first-order valence-electron chi connectivity index (χ1n) is 5.89. The predicted molar refractivity (Wildman–Crippen MR) is 64.2 cm³/mol. The summed E-state index contributed by atoms with van der Waals surface area (Å²) in [7, 11) is 0. The molecule has 0 amide bonds. The largest absolute Gasteiger partial charge is 0.352 e. The molecule has 2 rings (SSSR count). The molecule has 1 saturated heterocycles. The van der Waals surface area contributed by atoms with Gasteiger partial charge in [-0.25, -0.2) is 0 Å². The van der Waals surface area contributed by atoms with Crippen molar-refractivity contribution in [1.29, 1.82) is 0 Å². The highest BCUT2D eigenvalue weighted by molar-refractivity contribution is 5.15. The Morgan fingerprint density at radius 1 is 1.25 bits per heavy atom. The summed E-state index contributed by atoms with van der Waals surface area (Å²) in [6.07, 6.45) is 0.988. The van der Waals surface area contributed by atoms with Crippen LogP contribution in [0.4, 0.5) is 0 Å². The van der Waals surface area contributed by atoms with E-state index >= 15 is 0 Å². The highest BCUT2D eigenvalue weighted by Crippen LogP contribution is 2.30. The van der Waals surface area contributed by atoms with E-state index in [9.17, 15) is 0 Å². The van der Waals surface area contributed by atoms with Gasteiger partial charge in [0.2, 0.25) is 0 Å². The van der Waals surface area contributed by atoms with E-state index in [0.717, 1.165) is 13.0 Å². The Bertz CT molecular complexity index is 332. The van der Waals surface area contributed by atoms with E-state index in [-0.39, 0.29) is 17.8 Å². The van der Waals surface area contributed by atoms with Gasteiger partial charge in [0, 0.05) is 11.8 Å². The van der Waals surface area contributed by atoms with Crippen molar-refractivity contribution in [3.05, 3.63) is 35.9 Å². The Labute approximate surface area is 97.6 Å². The second-order valence-corrected chi connectivity index (χ2v) is 5.20. The van der Waals surface area contributed by atoms with Crippen LogP contribution >= 0.6 is 0 Å². The fourth-order valence-corrected chi connectivity index (χ4v) is 1.79. The third-order valence-electron chi connectivity index (χ3n) is 3.34. The Morgan fingerprint density at radius 3 is 2.56 bits per heavy atom. The van der Waals surface area contributed by atoms with Gasteiger partial charge in [0.1, 0.15) is 0 Å². The molecule has 1 aromatic rings. The molecule has 16 heavy (non-hydrogen) atoms. The highest BCUT2D eigenvalue weighted by atomic mass is 16.7. The fraction of sp³-hybridized carbons (Fsp3) is 0.571. The Morgan fingerprint density at radius 2 is 1.94 bits per heavy atom. The van der Waals surface area contributed by atoms with Gasteiger partial charge in [-0.3, -0.25) is 0 Å². The zero-order valence-corrected chi connectivity index (χ0v) is 10.3. The zero-order valence-electron chi connectivity index (χ0n) is 10.3. The predicted octanol–water partition coefficient (Wildman–Crippen LogP) is 3.02. The van der Waals surface area contributed by atoms with E-state index in [1.54, 1.807) is 0 Å². The maximum Gasteiger partial charge on any atom is 0.161 e. The van der Waals surface area contributed by atoms with Crippen LogP contribution in [-0.4, -0.2) is 19.0 Å². The van der Waals surface area contributed by atoms with Crippen molar-refractivity contribution < 1.29 is 9.47 Å². The number of rotatable bonds is 2. The molecule has 0 spiro atoms. The van der Waals surface area contributed by atoms with Crippen molar-refractivity contribution in [2.24, 2.45) is 5.41 Å². The normalized spacial score (nSPS) is 28.9. The molecule has 0 unspecified atom stereocenters. The van der Waals surface area contributed by atoms with Gasteiger partial charge in [-0.05, 0) is 12.5 Å². The molecule has 2 nitrogen and oxygen atoms in total. The second kappa shape index (κ2) is 4.56. The summed E-state index contributed by atoms with van der Waals surface area (Å²) in [6, 6.07) is 10.3. The maximum absolute atomic E-state index is 5.88. The van der Waals surface area contributed by atoms with Crippen LogP contribution < -0.4 is 0 Å². The molecule has 88 valence electrons. The van der Waals surface area contributed by atoms with E-state index in [1.807, 2.05) is 18.2 Å². The van der Waals surface area contributed by atoms with Gasteiger partial charge < -0.3 is 9.47 Å². The number of ether oxygens (including phenoxy) is 2. The Hall–Kier alpha value is -0.860. The summed E-state index contributed by atoms with van der Waals surface area (Å²) in [5.41, 5.74) is 1.38. The van der Waals surface area contributed by atoms with Gasteiger partial charge in [0.05, 0.1) is 12.7 Å². The van der Waals surface area contributed by atoms with Crippen molar-refractivity contribution >= 4 is 0 Å². The monoisotopic (exact) mass is 220 g/mol. The van der Waals surface area contributed by atoms with Crippen LogP contribution in [0.3, 0.4) is 0 Å². The molecule has 1 heterocycles. The van der Waals surface area contributed by atoms with Crippen LogP contribution in [0.5, 0.6) is 0 Å². The summed E-state index contributed by atoms with van der Waals surface area (Å²) in [5.74, 6) is 0. The molecule has 1 fully saturated rings. The molecule has 1 aromatic carbocycles. The molecule has 1 aliphatic heterocycles. The summed E-state index contributed by atoms with van der Waals surface area (Å²) >= 11 is 0. The van der Waals surface area contributed by atoms with Gasteiger partial charge in [0.25, 0.3) is 0 Å². The minimum absolute atomic E-state index is 0.0922. The fourth-order valence-electron chi connectivity index (χ4n) is 1.79. The Kier molecular flexibility index (Phi) is 3.31. The van der Waals surface area contributed by atoms with Crippen molar-refractivity contribution in [2.75, 3.05) is 6.61 Å². The molecule has 0 radical (unpaired) electrons. The summed E-state index contributed by atoms with van der Waals surface area (Å²) in [5, 5.41) is 0. The van der Waals surface area contributed by atoms with E-state index in [1.165, 1.54) is 5.56 Å². The summed E-state index contributed by atoms with van der Waals surface area (Å²) in [4.78, 5) is 0. The summed E-state index contributed by atoms with van der Waals surface area (Å²) < 4.78 is 11.6. The van der Waals surface area contributed by atoms with Gasteiger partial charge in [0.15, 0.2) is 6.29 Å². The second-order valence-electron chi connectivity index (χ2n) is 5.20. The van der Waals surface area contributed by atoms with Crippen LogP contribution in [0, 0.1) is 5.41 Å². The van der Waals surface area contributed by atoms with Crippen molar-refractivity contribution in [3.63, 3.8) is 0 Å². The van der Waals surface area contributed by atoms with Crippen LogP contribution in [0.15, 0.2) is 30.3 Å². The lowest BCUT2D eigenvalue weighted by molar-refractivity contribution is -0.253. The molecular weight excluding hydrogens is 200 g/mol. The first-order valence-corrected chi connectivity index (χ1v) is 5.89. The third kappa shape index (κ3) is 2.63. The van der Waals surface area contributed by atoms with Crippen molar-refractivity contribution in [1.82, 2.24) is 0 Å². The molecule has 0 aromatic heterocycles. The first-order chi connectivity index (χ1) is 7.58. The maximum atomic E-state index is 5.88. The topological polar surface area (TPSA) is 18.5 Å². The quantitative estimate of drug-likeness (QED) is 0.762. The minimum Gasteiger partial charge on any atom is -0.352 e. The lowest BCUT2D eigenvalue weighted by atomic mass is 9.87. The molecule has 0 N–H and O–H groups in total. The van der Waals surface area contributed by atoms with E-state index in [2.05, 4.69) is 32.9 Å². The average molecular weight is 220 g/mol. The van der Waals surface area contributed by atoms with Gasteiger partial charge >= 0.3 is 0 Å². The molecule has 0 saturated carbocycles. The SMILES string of the molecule is C[C@H]1O[C@H](Cc2ccccc2)OCC1(C)C. The van der Waals surface area contributed by atoms with Crippen LogP contribution in [0.2, 0.25) is 0 Å². The van der Waals surface area contributed by atoms with Gasteiger partial charge in [-0.2, -0.15) is 0 Å². The average Bonchev–Trinajstić information content (AvgIpc) is 2.26. The van der Waals surface area contributed by atoms with E-state index in [4.69, 9.17) is 9.47 Å². The number of benzene rings is 1. The lowest BCUT2D eigenvalue weighted by Gasteiger charge is -2.40.